The van der Waals surface area contributed by atoms with Crippen LogP contribution in [0.2, 0.25) is 5.02 Å². The Hall–Kier alpha value is -2.77. The number of para-hydroxylation sites is 1. The Morgan fingerprint density at radius 2 is 2.12 bits per heavy atom. The van der Waals surface area contributed by atoms with Crippen LogP contribution in [0.1, 0.15) is 5.56 Å². The molecule has 0 fully saturated rings. The number of nitrogens with zero attached hydrogens (tertiary/aromatic N) is 3. The Morgan fingerprint density at radius 3 is 2.92 bits per heavy atom. The van der Waals surface area contributed by atoms with E-state index in [-0.39, 0.29) is 17.4 Å². The first-order valence-corrected chi connectivity index (χ1v) is 8.92. The summed E-state index contributed by atoms with van der Waals surface area (Å²) in [6.45, 7) is 0. The third kappa shape index (κ3) is 3.58. The maximum Gasteiger partial charge on any atom is 0.228 e. The number of aromatic nitrogens is 3. The number of hydrogen-bond acceptors (Lipinski definition) is 4. The summed E-state index contributed by atoms with van der Waals surface area (Å²) in [5.74, 6) is -0.750. The first kappa shape index (κ1) is 16.7. The molecule has 4 aromatic rings. The zero-order valence-electron chi connectivity index (χ0n) is 13.3. The Kier molecular flexibility index (Phi) is 4.40. The van der Waals surface area contributed by atoms with Crippen molar-refractivity contribution in [3.8, 4) is 5.13 Å². The van der Waals surface area contributed by atoms with Gasteiger partial charge < -0.3 is 5.32 Å². The van der Waals surface area contributed by atoms with Crippen LogP contribution in [0.5, 0.6) is 0 Å². The van der Waals surface area contributed by atoms with E-state index in [0.29, 0.717) is 16.4 Å². The van der Waals surface area contributed by atoms with Crippen molar-refractivity contribution < 1.29 is 9.18 Å². The zero-order valence-corrected chi connectivity index (χ0v) is 14.9. The molecule has 130 valence electrons. The third-order valence-corrected chi connectivity index (χ3v) is 4.88. The molecule has 5 nitrogen and oxygen atoms in total. The molecule has 8 heteroatoms. The van der Waals surface area contributed by atoms with Gasteiger partial charge in [-0.25, -0.2) is 14.1 Å². The molecule has 0 unspecified atom stereocenters. The minimum Gasteiger partial charge on any atom is -0.323 e. The van der Waals surface area contributed by atoms with Gasteiger partial charge in [-0.2, -0.15) is 5.10 Å². The average molecular weight is 387 g/mol. The lowest BCUT2D eigenvalue weighted by molar-refractivity contribution is -0.115. The Bertz CT molecular complexity index is 1050. The van der Waals surface area contributed by atoms with Crippen LogP contribution >= 0.6 is 22.9 Å². The predicted molar refractivity (Wildman–Crippen MR) is 100 cm³/mol. The number of amides is 1. The van der Waals surface area contributed by atoms with E-state index in [1.165, 1.54) is 23.5 Å². The lowest BCUT2D eigenvalue weighted by Gasteiger charge is -2.03. The van der Waals surface area contributed by atoms with Gasteiger partial charge >= 0.3 is 0 Å². The van der Waals surface area contributed by atoms with E-state index in [4.69, 9.17) is 11.6 Å². The molecule has 0 atom stereocenters. The molecule has 0 aliphatic heterocycles. The Labute approximate surface area is 157 Å². The van der Waals surface area contributed by atoms with Gasteiger partial charge in [-0.1, -0.05) is 35.1 Å². The highest BCUT2D eigenvalue weighted by atomic mass is 35.5. The largest absolute Gasteiger partial charge is 0.323 e. The van der Waals surface area contributed by atoms with Crippen molar-refractivity contribution in [2.45, 2.75) is 6.42 Å². The van der Waals surface area contributed by atoms with Crippen molar-refractivity contribution in [3.05, 3.63) is 71.3 Å². The van der Waals surface area contributed by atoms with Crippen molar-refractivity contribution >= 4 is 44.7 Å². The number of carbonyl (C=O) groups is 1. The average Bonchev–Trinajstić information content (AvgIpc) is 3.19. The molecule has 26 heavy (non-hydrogen) atoms. The number of halogens is 2. The van der Waals surface area contributed by atoms with Gasteiger partial charge in [-0.3, -0.25) is 4.79 Å². The molecule has 0 spiro atoms. The second-order valence-corrected chi connectivity index (χ2v) is 7.09. The van der Waals surface area contributed by atoms with Crippen LogP contribution in [0.25, 0.3) is 15.3 Å². The molecule has 2 aromatic carbocycles. The van der Waals surface area contributed by atoms with E-state index < -0.39 is 5.82 Å². The molecule has 0 saturated heterocycles. The van der Waals surface area contributed by atoms with E-state index in [0.717, 1.165) is 10.2 Å². The summed E-state index contributed by atoms with van der Waals surface area (Å²) in [6.07, 6.45) is 3.25. The number of nitrogens with one attached hydrogen (secondary N) is 1. The molecule has 0 aliphatic rings. The molecule has 0 bridgehead atoms. The van der Waals surface area contributed by atoms with Crippen LogP contribution in [-0.2, 0) is 11.2 Å². The van der Waals surface area contributed by atoms with Gasteiger partial charge in [0.15, 0.2) is 0 Å². The molecule has 0 radical (unpaired) electrons. The summed E-state index contributed by atoms with van der Waals surface area (Å²) in [5.41, 5.74) is 1.94. The summed E-state index contributed by atoms with van der Waals surface area (Å²) >= 11 is 7.32. The normalized spacial score (nSPS) is 11.0. The van der Waals surface area contributed by atoms with E-state index in [1.54, 1.807) is 23.1 Å². The fourth-order valence-electron chi connectivity index (χ4n) is 2.55. The highest BCUT2D eigenvalue weighted by Crippen LogP contribution is 2.24. The van der Waals surface area contributed by atoms with Crippen LogP contribution in [0.4, 0.5) is 10.1 Å². The van der Waals surface area contributed by atoms with Crippen LogP contribution < -0.4 is 5.32 Å². The van der Waals surface area contributed by atoms with E-state index in [1.807, 2.05) is 24.3 Å². The van der Waals surface area contributed by atoms with E-state index >= 15 is 0 Å². The second kappa shape index (κ2) is 6.86. The molecular weight excluding hydrogens is 375 g/mol. The minimum atomic E-state index is -0.469. The monoisotopic (exact) mass is 386 g/mol. The fourth-order valence-corrected chi connectivity index (χ4v) is 3.70. The molecular formula is C18H12ClFN4OS. The predicted octanol–water partition coefficient (Wildman–Crippen LogP) is 4.46. The molecule has 2 aromatic heterocycles. The maximum absolute atomic E-state index is 13.3. The van der Waals surface area contributed by atoms with Crippen molar-refractivity contribution in [1.29, 1.82) is 0 Å². The minimum absolute atomic E-state index is 0.0177. The van der Waals surface area contributed by atoms with Gasteiger partial charge in [0.05, 0.1) is 34.7 Å². The molecule has 4 rings (SSSR count). The van der Waals surface area contributed by atoms with Crippen molar-refractivity contribution in [3.63, 3.8) is 0 Å². The van der Waals surface area contributed by atoms with Crippen LogP contribution in [-0.4, -0.2) is 20.7 Å². The third-order valence-electron chi connectivity index (χ3n) is 3.63. The number of rotatable bonds is 4. The lowest BCUT2D eigenvalue weighted by Crippen LogP contribution is -2.14. The number of thiazole rings is 1. The molecule has 0 saturated carbocycles. The number of anilines is 1. The Morgan fingerprint density at radius 1 is 1.27 bits per heavy atom. The van der Waals surface area contributed by atoms with Gasteiger partial charge in [0.2, 0.25) is 11.0 Å². The smallest absolute Gasteiger partial charge is 0.228 e. The van der Waals surface area contributed by atoms with Crippen LogP contribution in [0.15, 0.2) is 54.9 Å². The highest BCUT2D eigenvalue weighted by Gasteiger charge is 2.10. The van der Waals surface area contributed by atoms with Gasteiger partial charge in [0.1, 0.15) is 5.82 Å². The summed E-state index contributed by atoms with van der Waals surface area (Å²) in [7, 11) is 0. The first-order chi connectivity index (χ1) is 12.6. The number of benzene rings is 2. The van der Waals surface area contributed by atoms with Crippen molar-refractivity contribution in [2.75, 3.05) is 5.32 Å². The fraction of sp³-hybridized carbons (Fsp3) is 0.0556. The summed E-state index contributed by atoms with van der Waals surface area (Å²) in [6, 6.07) is 11.9. The van der Waals surface area contributed by atoms with Gasteiger partial charge in [0, 0.05) is 5.02 Å². The second-order valence-electron chi connectivity index (χ2n) is 5.64. The summed E-state index contributed by atoms with van der Waals surface area (Å²) in [4.78, 5) is 16.7. The molecule has 1 N–H and O–H groups in total. The molecule has 1 amide bonds. The van der Waals surface area contributed by atoms with E-state index in [2.05, 4.69) is 15.4 Å². The van der Waals surface area contributed by atoms with Gasteiger partial charge in [-0.15, -0.1) is 0 Å². The number of fused-ring (bicyclic) bond motifs is 1. The van der Waals surface area contributed by atoms with E-state index in [9.17, 15) is 9.18 Å². The SMILES string of the molecule is O=C(Cc1cc(F)cc(Cl)c1)Nc1cnn(-c2nc3ccccc3s2)c1. The topological polar surface area (TPSA) is 59.8 Å². The number of carbonyl (C=O) groups excluding carboxylic acids is 1. The highest BCUT2D eigenvalue weighted by molar-refractivity contribution is 7.20. The van der Waals surface area contributed by atoms with Crippen molar-refractivity contribution in [2.24, 2.45) is 0 Å². The molecule has 2 heterocycles. The van der Waals surface area contributed by atoms with Crippen molar-refractivity contribution in [1.82, 2.24) is 14.8 Å². The Balaban J connectivity index is 1.48. The molecule has 0 aliphatic carbocycles. The van der Waals surface area contributed by atoms with Gasteiger partial charge in [-0.05, 0) is 35.9 Å². The quantitative estimate of drug-likeness (QED) is 0.563. The van der Waals surface area contributed by atoms with Crippen LogP contribution in [0, 0.1) is 5.82 Å². The lowest BCUT2D eigenvalue weighted by atomic mass is 10.1. The maximum atomic E-state index is 13.3. The standard InChI is InChI=1S/C18H12ClFN4OS/c19-12-5-11(6-13(20)8-12)7-17(25)22-14-9-21-24(10-14)18-23-15-3-1-2-4-16(15)26-18/h1-6,8-10H,7H2,(H,22,25). The zero-order chi connectivity index (χ0) is 18.1. The van der Waals surface area contributed by atoms with Crippen LogP contribution in [0.3, 0.4) is 0 Å². The number of hydrogen-bond donors (Lipinski definition) is 1. The summed E-state index contributed by atoms with van der Waals surface area (Å²) in [5, 5.41) is 7.95. The first-order valence-electron chi connectivity index (χ1n) is 7.72. The van der Waals surface area contributed by atoms with Gasteiger partial charge in [0.25, 0.3) is 0 Å². The summed E-state index contributed by atoms with van der Waals surface area (Å²) < 4.78 is 16.0.